The molecule has 1 aromatic heterocycles. The van der Waals surface area contributed by atoms with Gasteiger partial charge in [0, 0.05) is 19.1 Å². The fourth-order valence-electron chi connectivity index (χ4n) is 3.09. The Hall–Kier alpha value is -1.12. The van der Waals surface area contributed by atoms with E-state index >= 15 is 0 Å². The number of pyridine rings is 1. The molecule has 0 amide bonds. The molecule has 2 saturated heterocycles. The number of aromatic nitrogens is 1. The quantitative estimate of drug-likeness (QED) is 0.785. The summed E-state index contributed by atoms with van der Waals surface area (Å²) in [5.41, 5.74) is 0.672. The average Bonchev–Trinajstić information content (AvgIpc) is 3.09. The molecule has 3 heterocycles. The van der Waals surface area contributed by atoms with Crippen LogP contribution in [0, 0.1) is 11.3 Å². The molecule has 2 fully saturated rings. The molecule has 0 bridgehead atoms. The Balaban J connectivity index is 1.77. The van der Waals surface area contributed by atoms with Crippen molar-refractivity contribution in [3.05, 3.63) is 22.3 Å². The molecule has 0 radical (unpaired) electrons. The van der Waals surface area contributed by atoms with Crippen LogP contribution in [0.3, 0.4) is 0 Å². The molecule has 0 N–H and O–H groups in total. The number of nitrogens with zero attached hydrogens (tertiary/aromatic N) is 4. The average molecular weight is 321 g/mol. The van der Waals surface area contributed by atoms with E-state index in [9.17, 15) is 5.26 Å². The van der Waals surface area contributed by atoms with E-state index in [1.54, 1.807) is 0 Å². The Kier molecular flexibility index (Phi) is 3.72. The standard InChI is InChI=1S/C14H17BrN4/c15-13-4-3-11(9-16)14(17-13)19-8-5-12(10-19)18-6-1-2-7-18/h3-4,12H,1-2,5-8,10H2. The summed E-state index contributed by atoms with van der Waals surface area (Å²) < 4.78 is 0.797. The smallest absolute Gasteiger partial charge is 0.147 e. The zero-order valence-electron chi connectivity index (χ0n) is 10.8. The van der Waals surface area contributed by atoms with Gasteiger partial charge in [-0.2, -0.15) is 5.26 Å². The summed E-state index contributed by atoms with van der Waals surface area (Å²) in [6.07, 6.45) is 3.84. The van der Waals surface area contributed by atoms with Gasteiger partial charge in [-0.3, -0.25) is 4.90 Å². The van der Waals surface area contributed by atoms with Gasteiger partial charge < -0.3 is 4.90 Å². The molecular formula is C14H17BrN4. The molecule has 5 heteroatoms. The highest BCUT2D eigenvalue weighted by Gasteiger charge is 2.30. The zero-order valence-corrected chi connectivity index (χ0v) is 12.4. The van der Waals surface area contributed by atoms with Gasteiger partial charge in [-0.1, -0.05) is 0 Å². The van der Waals surface area contributed by atoms with Crippen molar-refractivity contribution < 1.29 is 0 Å². The number of halogens is 1. The molecular weight excluding hydrogens is 304 g/mol. The molecule has 1 unspecified atom stereocenters. The van der Waals surface area contributed by atoms with Crippen LogP contribution < -0.4 is 4.90 Å². The lowest BCUT2D eigenvalue weighted by Gasteiger charge is -2.24. The van der Waals surface area contributed by atoms with E-state index in [-0.39, 0.29) is 0 Å². The Morgan fingerprint density at radius 1 is 1.26 bits per heavy atom. The van der Waals surface area contributed by atoms with Crippen LogP contribution in [0.5, 0.6) is 0 Å². The van der Waals surface area contributed by atoms with Gasteiger partial charge in [0.25, 0.3) is 0 Å². The highest BCUT2D eigenvalue weighted by atomic mass is 79.9. The molecule has 0 spiro atoms. The zero-order chi connectivity index (χ0) is 13.2. The van der Waals surface area contributed by atoms with Gasteiger partial charge in [-0.15, -0.1) is 0 Å². The van der Waals surface area contributed by atoms with Crippen molar-refractivity contribution in [3.63, 3.8) is 0 Å². The Labute approximate surface area is 122 Å². The van der Waals surface area contributed by atoms with Crippen molar-refractivity contribution in [1.82, 2.24) is 9.88 Å². The maximum absolute atomic E-state index is 9.20. The maximum atomic E-state index is 9.20. The molecule has 100 valence electrons. The van der Waals surface area contributed by atoms with Crippen LogP contribution in [-0.2, 0) is 0 Å². The lowest BCUT2D eigenvalue weighted by molar-refractivity contribution is 0.260. The minimum absolute atomic E-state index is 0.634. The molecule has 1 atom stereocenters. The van der Waals surface area contributed by atoms with Crippen LogP contribution in [0.4, 0.5) is 5.82 Å². The molecule has 2 aliphatic rings. The number of hydrogen-bond donors (Lipinski definition) is 0. The van der Waals surface area contributed by atoms with E-state index < -0.39 is 0 Å². The van der Waals surface area contributed by atoms with E-state index in [1.807, 2.05) is 12.1 Å². The molecule has 1 aromatic rings. The Morgan fingerprint density at radius 3 is 2.79 bits per heavy atom. The fraction of sp³-hybridized carbons (Fsp3) is 0.571. The lowest BCUT2D eigenvalue weighted by atomic mass is 10.2. The van der Waals surface area contributed by atoms with Crippen LogP contribution in [-0.4, -0.2) is 42.1 Å². The lowest BCUT2D eigenvalue weighted by Crippen LogP contribution is -2.35. The Morgan fingerprint density at radius 2 is 2.05 bits per heavy atom. The van der Waals surface area contributed by atoms with Crippen molar-refractivity contribution in [1.29, 1.82) is 5.26 Å². The van der Waals surface area contributed by atoms with Gasteiger partial charge >= 0.3 is 0 Å². The summed E-state index contributed by atoms with van der Waals surface area (Å²) in [4.78, 5) is 9.33. The second-order valence-corrected chi connectivity index (χ2v) is 6.06. The van der Waals surface area contributed by atoms with Gasteiger partial charge in [-0.25, -0.2) is 4.98 Å². The first-order chi connectivity index (χ1) is 9.28. The topological polar surface area (TPSA) is 43.2 Å². The number of likely N-dealkylation sites (tertiary alicyclic amines) is 1. The van der Waals surface area contributed by atoms with Crippen LogP contribution in [0.2, 0.25) is 0 Å². The van der Waals surface area contributed by atoms with E-state index in [1.165, 1.54) is 32.4 Å². The molecule has 0 saturated carbocycles. The first kappa shape index (κ1) is 12.9. The highest BCUT2D eigenvalue weighted by Crippen LogP contribution is 2.27. The van der Waals surface area contributed by atoms with Crippen LogP contribution in [0.25, 0.3) is 0 Å². The normalized spacial score (nSPS) is 23.8. The van der Waals surface area contributed by atoms with E-state index in [0.29, 0.717) is 11.6 Å². The summed E-state index contributed by atoms with van der Waals surface area (Å²) in [6.45, 7) is 4.46. The SMILES string of the molecule is N#Cc1ccc(Br)nc1N1CCC(N2CCCC2)C1. The van der Waals surface area contributed by atoms with Gasteiger partial charge in [0.05, 0.1) is 5.56 Å². The van der Waals surface area contributed by atoms with Gasteiger partial charge in [0.2, 0.25) is 0 Å². The summed E-state index contributed by atoms with van der Waals surface area (Å²) in [7, 11) is 0. The monoisotopic (exact) mass is 320 g/mol. The van der Waals surface area contributed by atoms with E-state index in [4.69, 9.17) is 0 Å². The summed E-state index contributed by atoms with van der Waals surface area (Å²) in [5, 5.41) is 9.20. The van der Waals surface area contributed by atoms with Gasteiger partial charge in [0.15, 0.2) is 0 Å². The van der Waals surface area contributed by atoms with Crippen LogP contribution in [0.15, 0.2) is 16.7 Å². The summed E-state index contributed by atoms with van der Waals surface area (Å²) >= 11 is 3.40. The largest absolute Gasteiger partial charge is 0.354 e. The van der Waals surface area contributed by atoms with Crippen LogP contribution in [0.1, 0.15) is 24.8 Å². The second kappa shape index (κ2) is 5.48. The fourth-order valence-corrected chi connectivity index (χ4v) is 3.39. The number of rotatable bonds is 2. The first-order valence-corrected chi connectivity index (χ1v) is 7.63. The molecule has 4 nitrogen and oxygen atoms in total. The van der Waals surface area contributed by atoms with Crippen molar-refractivity contribution in [2.75, 3.05) is 31.1 Å². The number of anilines is 1. The molecule has 2 aliphatic heterocycles. The third kappa shape index (κ3) is 2.60. The predicted molar refractivity (Wildman–Crippen MR) is 78.1 cm³/mol. The van der Waals surface area contributed by atoms with Crippen molar-refractivity contribution >= 4 is 21.7 Å². The minimum Gasteiger partial charge on any atom is -0.354 e. The molecule has 0 aliphatic carbocycles. The summed E-state index contributed by atoms with van der Waals surface area (Å²) in [6, 6.07) is 6.55. The maximum Gasteiger partial charge on any atom is 0.147 e. The van der Waals surface area contributed by atoms with Gasteiger partial charge in [-0.05, 0) is 60.4 Å². The third-order valence-corrected chi connectivity index (χ3v) is 4.52. The van der Waals surface area contributed by atoms with Crippen molar-refractivity contribution in [2.45, 2.75) is 25.3 Å². The van der Waals surface area contributed by atoms with E-state index in [2.05, 4.69) is 36.8 Å². The molecule has 0 aromatic carbocycles. The Bertz CT molecular complexity index is 505. The highest BCUT2D eigenvalue weighted by molar-refractivity contribution is 9.10. The van der Waals surface area contributed by atoms with E-state index in [0.717, 1.165) is 23.5 Å². The second-order valence-electron chi connectivity index (χ2n) is 5.25. The number of nitriles is 1. The van der Waals surface area contributed by atoms with Crippen LogP contribution >= 0.6 is 15.9 Å². The number of hydrogen-bond acceptors (Lipinski definition) is 4. The van der Waals surface area contributed by atoms with Crippen molar-refractivity contribution in [3.8, 4) is 6.07 Å². The summed E-state index contributed by atoms with van der Waals surface area (Å²) in [5.74, 6) is 0.832. The minimum atomic E-state index is 0.634. The predicted octanol–water partition coefficient (Wildman–Crippen LogP) is 2.39. The molecule has 19 heavy (non-hydrogen) atoms. The third-order valence-electron chi connectivity index (χ3n) is 4.08. The first-order valence-electron chi connectivity index (χ1n) is 6.83. The van der Waals surface area contributed by atoms with Gasteiger partial charge in [0.1, 0.15) is 16.5 Å². The molecule has 3 rings (SSSR count). The van der Waals surface area contributed by atoms with Crippen molar-refractivity contribution in [2.24, 2.45) is 0 Å².